The molecule has 0 aliphatic carbocycles. The highest BCUT2D eigenvalue weighted by atomic mass is 16.2. The first kappa shape index (κ1) is 12.8. The molecule has 5 heteroatoms. The van der Waals surface area contributed by atoms with Crippen LogP contribution < -0.4 is 11.0 Å². The molecule has 2 aromatic rings. The van der Waals surface area contributed by atoms with E-state index in [1.165, 1.54) is 12.4 Å². The number of carbonyl (C=O) groups excluding carboxylic acids is 1. The summed E-state index contributed by atoms with van der Waals surface area (Å²) >= 11 is 0. The van der Waals surface area contributed by atoms with Gasteiger partial charge in [0.2, 0.25) is 0 Å². The summed E-state index contributed by atoms with van der Waals surface area (Å²) in [5, 5.41) is 0.461. The highest BCUT2D eigenvalue weighted by molar-refractivity contribution is 5.94. The molecule has 0 spiro atoms. The maximum Gasteiger partial charge on any atom is 0.280 e. The number of fused-ring (bicyclic) bond motifs is 1. The number of nitrogens with zero attached hydrogens (tertiary/aromatic N) is 2. The maximum absolute atomic E-state index is 12.1. The summed E-state index contributed by atoms with van der Waals surface area (Å²) in [7, 11) is 0. The van der Waals surface area contributed by atoms with E-state index in [-0.39, 0.29) is 5.56 Å². The molecule has 1 heterocycles. The molecule has 0 aliphatic heterocycles. The molecular formula is C14H13N3O2. The zero-order valence-electron chi connectivity index (χ0n) is 10.4. The van der Waals surface area contributed by atoms with Gasteiger partial charge in [-0.15, -0.1) is 0 Å². The molecule has 1 N–H and O–H groups in total. The number of amides is 1. The van der Waals surface area contributed by atoms with E-state index in [1.54, 1.807) is 42.5 Å². The molecule has 1 amide bonds. The Hall–Kier alpha value is -2.69. The standard InChI is InChI=1S/C14H13N3O2/c1-2-3-4-9-13(18)16-17-10-15-12-8-6-5-7-11(12)14(17)19/h2-10H,1H3,(H,16,18)/b3-2+,9-4+. The van der Waals surface area contributed by atoms with Crippen molar-refractivity contribution in [1.29, 1.82) is 0 Å². The minimum Gasteiger partial charge on any atom is -0.268 e. The Balaban J connectivity index is 2.29. The lowest BCUT2D eigenvalue weighted by molar-refractivity contribution is -0.112. The van der Waals surface area contributed by atoms with Crippen LogP contribution in [0.25, 0.3) is 10.9 Å². The molecule has 0 atom stereocenters. The fourth-order valence-electron chi connectivity index (χ4n) is 1.56. The summed E-state index contributed by atoms with van der Waals surface area (Å²) in [6.45, 7) is 1.85. The Morgan fingerprint density at radius 2 is 2.11 bits per heavy atom. The molecule has 0 radical (unpaired) electrons. The summed E-state index contributed by atoms with van der Waals surface area (Å²) in [5.41, 5.74) is 2.74. The van der Waals surface area contributed by atoms with Crippen LogP contribution in [0, 0.1) is 0 Å². The number of hydrogen-bond donors (Lipinski definition) is 1. The lowest BCUT2D eigenvalue weighted by atomic mass is 10.2. The van der Waals surface area contributed by atoms with Gasteiger partial charge >= 0.3 is 0 Å². The first-order valence-electron chi connectivity index (χ1n) is 5.79. The van der Waals surface area contributed by atoms with Crippen molar-refractivity contribution in [1.82, 2.24) is 9.66 Å². The Morgan fingerprint density at radius 3 is 2.89 bits per heavy atom. The summed E-state index contributed by atoms with van der Waals surface area (Å²) in [6.07, 6.45) is 7.75. The second kappa shape index (κ2) is 5.77. The molecule has 1 aromatic carbocycles. The number of rotatable bonds is 3. The van der Waals surface area contributed by atoms with Crippen LogP contribution in [0.15, 0.2) is 59.7 Å². The SMILES string of the molecule is C/C=C/C=C/C(=O)Nn1cnc2ccccc2c1=O. The van der Waals surface area contributed by atoms with E-state index in [4.69, 9.17) is 0 Å². The highest BCUT2D eigenvalue weighted by Gasteiger charge is 2.04. The van der Waals surface area contributed by atoms with Gasteiger partial charge < -0.3 is 0 Å². The van der Waals surface area contributed by atoms with E-state index in [1.807, 2.05) is 6.92 Å². The largest absolute Gasteiger partial charge is 0.280 e. The van der Waals surface area contributed by atoms with Gasteiger partial charge in [0.05, 0.1) is 10.9 Å². The molecular weight excluding hydrogens is 242 g/mol. The maximum atomic E-state index is 12.1. The highest BCUT2D eigenvalue weighted by Crippen LogP contribution is 2.03. The lowest BCUT2D eigenvalue weighted by Crippen LogP contribution is -2.32. The molecule has 19 heavy (non-hydrogen) atoms. The van der Waals surface area contributed by atoms with Crippen molar-refractivity contribution in [2.24, 2.45) is 0 Å². The Bertz CT molecular complexity index is 714. The summed E-state index contributed by atoms with van der Waals surface area (Å²) < 4.78 is 1.07. The van der Waals surface area contributed by atoms with Crippen LogP contribution in [0.5, 0.6) is 0 Å². The van der Waals surface area contributed by atoms with Crippen molar-refractivity contribution in [3.05, 3.63) is 65.3 Å². The molecule has 0 fully saturated rings. The summed E-state index contributed by atoms with van der Waals surface area (Å²) in [5.74, 6) is -0.391. The Labute approximate surface area is 109 Å². The van der Waals surface area contributed by atoms with E-state index >= 15 is 0 Å². The fraction of sp³-hybridized carbons (Fsp3) is 0.0714. The minimum absolute atomic E-state index is 0.307. The predicted octanol–water partition coefficient (Wildman–Crippen LogP) is 1.60. The quantitative estimate of drug-likeness (QED) is 0.669. The van der Waals surface area contributed by atoms with Gasteiger partial charge in [-0.05, 0) is 19.1 Å². The van der Waals surface area contributed by atoms with Gasteiger partial charge in [0.15, 0.2) is 0 Å². The van der Waals surface area contributed by atoms with Crippen LogP contribution in [0.4, 0.5) is 0 Å². The van der Waals surface area contributed by atoms with Crippen LogP contribution in [-0.2, 0) is 4.79 Å². The zero-order chi connectivity index (χ0) is 13.7. The predicted molar refractivity (Wildman–Crippen MR) is 74.3 cm³/mol. The van der Waals surface area contributed by atoms with Gasteiger partial charge in [-0.25, -0.2) is 9.66 Å². The minimum atomic E-state index is -0.391. The van der Waals surface area contributed by atoms with E-state index in [0.29, 0.717) is 10.9 Å². The van der Waals surface area contributed by atoms with E-state index < -0.39 is 5.91 Å². The smallest absolute Gasteiger partial charge is 0.268 e. The average Bonchev–Trinajstić information content (AvgIpc) is 2.43. The monoisotopic (exact) mass is 255 g/mol. The second-order valence-corrected chi connectivity index (χ2v) is 3.80. The van der Waals surface area contributed by atoms with Gasteiger partial charge in [-0.2, -0.15) is 0 Å². The van der Waals surface area contributed by atoms with Crippen molar-refractivity contribution in [2.45, 2.75) is 6.92 Å². The molecule has 1 aromatic heterocycles. The number of aromatic nitrogens is 2. The molecule has 0 saturated carbocycles. The molecule has 0 aliphatic rings. The summed E-state index contributed by atoms with van der Waals surface area (Å²) in [4.78, 5) is 27.7. The summed E-state index contributed by atoms with van der Waals surface area (Å²) in [6, 6.07) is 6.97. The van der Waals surface area contributed by atoms with Crippen LogP contribution in [0.2, 0.25) is 0 Å². The Kier molecular flexibility index (Phi) is 3.87. The van der Waals surface area contributed by atoms with Gasteiger partial charge in [-0.3, -0.25) is 15.0 Å². The average molecular weight is 255 g/mol. The van der Waals surface area contributed by atoms with Crippen molar-refractivity contribution < 1.29 is 4.79 Å². The molecule has 5 nitrogen and oxygen atoms in total. The zero-order valence-corrected chi connectivity index (χ0v) is 10.4. The van der Waals surface area contributed by atoms with E-state index in [2.05, 4.69) is 10.4 Å². The third kappa shape index (κ3) is 2.95. The molecule has 0 bridgehead atoms. The van der Waals surface area contributed by atoms with Crippen molar-refractivity contribution >= 4 is 16.8 Å². The van der Waals surface area contributed by atoms with Crippen LogP contribution >= 0.6 is 0 Å². The third-order valence-corrected chi connectivity index (χ3v) is 2.45. The van der Waals surface area contributed by atoms with Gasteiger partial charge in [0.1, 0.15) is 6.33 Å². The third-order valence-electron chi connectivity index (χ3n) is 2.45. The van der Waals surface area contributed by atoms with E-state index in [0.717, 1.165) is 4.68 Å². The molecule has 96 valence electrons. The molecule has 0 unspecified atom stereocenters. The normalized spacial score (nSPS) is 11.4. The van der Waals surface area contributed by atoms with Gasteiger partial charge in [0.25, 0.3) is 11.5 Å². The number of benzene rings is 1. The second-order valence-electron chi connectivity index (χ2n) is 3.80. The Morgan fingerprint density at radius 1 is 1.32 bits per heavy atom. The number of allylic oxidation sites excluding steroid dienone is 3. The van der Waals surface area contributed by atoms with Gasteiger partial charge in [0, 0.05) is 6.08 Å². The number of para-hydroxylation sites is 1. The number of nitrogens with one attached hydrogen (secondary N) is 1. The molecule has 2 rings (SSSR count). The van der Waals surface area contributed by atoms with Crippen LogP contribution in [0.3, 0.4) is 0 Å². The van der Waals surface area contributed by atoms with E-state index in [9.17, 15) is 9.59 Å². The van der Waals surface area contributed by atoms with Crippen molar-refractivity contribution in [3.63, 3.8) is 0 Å². The molecule has 0 saturated heterocycles. The topological polar surface area (TPSA) is 64.0 Å². The van der Waals surface area contributed by atoms with Crippen LogP contribution in [-0.4, -0.2) is 15.6 Å². The first-order chi connectivity index (χ1) is 9.22. The fourth-order valence-corrected chi connectivity index (χ4v) is 1.56. The van der Waals surface area contributed by atoms with Crippen LogP contribution in [0.1, 0.15) is 6.92 Å². The van der Waals surface area contributed by atoms with Crippen molar-refractivity contribution in [3.8, 4) is 0 Å². The number of hydrogen-bond acceptors (Lipinski definition) is 3. The van der Waals surface area contributed by atoms with Crippen molar-refractivity contribution in [2.75, 3.05) is 5.43 Å². The number of carbonyl (C=O) groups is 1. The first-order valence-corrected chi connectivity index (χ1v) is 5.79. The lowest BCUT2D eigenvalue weighted by Gasteiger charge is -2.05. The van der Waals surface area contributed by atoms with Gasteiger partial charge in [-0.1, -0.05) is 30.4 Å².